The largest absolute Gasteiger partial charge is 0.467 e. The number of pyridine rings is 1. The predicted octanol–water partition coefficient (Wildman–Crippen LogP) is 3.61. The first-order valence-corrected chi connectivity index (χ1v) is 5.27. The van der Waals surface area contributed by atoms with E-state index in [-0.39, 0.29) is 0 Å². The fourth-order valence-corrected chi connectivity index (χ4v) is 1.43. The van der Waals surface area contributed by atoms with Crippen LogP contribution in [0.1, 0.15) is 17.0 Å². The fourth-order valence-electron chi connectivity index (χ4n) is 1.43. The first-order chi connectivity index (χ1) is 8.47. The molecule has 0 spiro atoms. The molecule has 0 aromatic carbocycles. The Kier molecular flexibility index (Phi) is 3.27. The van der Waals surface area contributed by atoms with Crippen molar-refractivity contribution < 1.29 is 17.6 Å². The molecule has 18 heavy (non-hydrogen) atoms. The minimum absolute atomic E-state index is 0.409. The molecule has 0 bridgehead atoms. The van der Waals surface area contributed by atoms with Crippen LogP contribution < -0.4 is 5.32 Å². The zero-order valence-electron chi connectivity index (χ0n) is 9.58. The Labute approximate surface area is 102 Å². The van der Waals surface area contributed by atoms with Gasteiger partial charge in [-0.1, -0.05) is 0 Å². The van der Waals surface area contributed by atoms with Gasteiger partial charge in [-0.05, 0) is 30.7 Å². The summed E-state index contributed by atoms with van der Waals surface area (Å²) in [5.41, 5.74) is 0.600. The molecule has 2 aromatic heterocycles. The average Bonchev–Trinajstić information content (AvgIpc) is 2.72. The van der Waals surface area contributed by atoms with E-state index in [9.17, 15) is 13.2 Å². The van der Waals surface area contributed by atoms with E-state index in [2.05, 4.69) is 10.3 Å². The second-order valence-electron chi connectivity index (χ2n) is 3.81. The van der Waals surface area contributed by atoms with Gasteiger partial charge in [-0.25, -0.2) is 4.98 Å². The van der Waals surface area contributed by atoms with Crippen molar-refractivity contribution in [2.24, 2.45) is 0 Å². The van der Waals surface area contributed by atoms with E-state index in [1.54, 1.807) is 6.26 Å². The minimum atomic E-state index is -4.41. The average molecular weight is 256 g/mol. The standard InChI is InChI=1S/C12H11F3N2O/c1-8-4-5-18-10(8)7-16-9-2-3-11(17-6-9)12(13,14)15/h2-6,16H,7H2,1H3. The van der Waals surface area contributed by atoms with Gasteiger partial charge in [-0.15, -0.1) is 0 Å². The molecule has 6 heteroatoms. The molecule has 0 fully saturated rings. The van der Waals surface area contributed by atoms with Gasteiger partial charge in [-0.2, -0.15) is 13.2 Å². The second-order valence-corrected chi connectivity index (χ2v) is 3.81. The zero-order valence-corrected chi connectivity index (χ0v) is 9.58. The molecule has 0 aliphatic rings. The van der Waals surface area contributed by atoms with Gasteiger partial charge in [0.25, 0.3) is 0 Å². The van der Waals surface area contributed by atoms with Crippen LogP contribution in [0.25, 0.3) is 0 Å². The molecule has 2 rings (SSSR count). The highest BCUT2D eigenvalue weighted by Gasteiger charge is 2.31. The maximum absolute atomic E-state index is 12.3. The molecule has 96 valence electrons. The normalized spacial score (nSPS) is 11.6. The third-order valence-corrected chi connectivity index (χ3v) is 2.48. The summed E-state index contributed by atoms with van der Waals surface area (Å²) in [5, 5.41) is 2.94. The van der Waals surface area contributed by atoms with Crippen molar-refractivity contribution in [3.05, 3.63) is 47.7 Å². The molecule has 0 saturated heterocycles. The maximum atomic E-state index is 12.3. The lowest BCUT2D eigenvalue weighted by Crippen LogP contribution is -2.08. The SMILES string of the molecule is Cc1ccoc1CNc1ccc(C(F)(F)F)nc1. The number of aromatic nitrogens is 1. The number of nitrogens with zero attached hydrogens (tertiary/aromatic N) is 1. The summed E-state index contributed by atoms with van der Waals surface area (Å²) < 4.78 is 42.1. The molecular formula is C12H11F3N2O. The van der Waals surface area contributed by atoms with E-state index in [4.69, 9.17) is 4.42 Å². The van der Waals surface area contributed by atoms with Crippen molar-refractivity contribution in [3.8, 4) is 0 Å². The Hall–Kier alpha value is -1.98. The van der Waals surface area contributed by atoms with Gasteiger partial charge in [0, 0.05) is 0 Å². The van der Waals surface area contributed by atoms with Crippen molar-refractivity contribution in [1.29, 1.82) is 0 Å². The number of nitrogens with one attached hydrogen (secondary N) is 1. The number of alkyl halides is 3. The third-order valence-electron chi connectivity index (χ3n) is 2.48. The molecule has 0 unspecified atom stereocenters. The highest BCUT2D eigenvalue weighted by Crippen LogP contribution is 2.27. The summed E-state index contributed by atoms with van der Waals surface area (Å²) in [6.07, 6.45) is -1.69. The maximum Gasteiger partial charge on any atom is 0.433 e. The number of hydrogen-bond donors (Lipinski definition) is 1. The lowest BCUT2D eigenvalue weighted by molar-refractivity contribution is -0.141. The third kappa shape index (κ3) is 2.82. The predicted molar refractivity (Wildman–Crippen MR) is 60.0 cm³/mol. The summed E-state index contributed by atoms with van der Waals surface area (Å²) in [6.45, 7) is 2.30. The van der Waals surface area contributed by atoms with E-state index in [0.29, 0.717) is 12.2 Å². The van der Waals surface area contributed by atoms with E-state index >= 15 is 0 Å². The van der Waals surface area contributed by atoms with Crippen LogP contribution in [0.2, 0.25) is 0 Å². The summed E-state index contributed by atoms with van der Waals surface area (Å²) in [4.78, 5) is 3.35. The first kappa shape index (κ1) is 12.5. The van der Waals surface area contributed by atoms with Gasteiger partial charge in [0.2, 0.25) is 0 Å². The summed E-state index contributed by atoms with van der Waals surface area (Å²) in [6, 6.07) is 4.10. The lowest BCUT2D eigenvalue weighted by atomic mass is 10.2. The van der Waals surface area contributed by atoms with Crippen molar-refractivity contribution >= 4 is 5.69 Å². The molecule has 0 aliphatic heterocycles. The van der Waals surface area contributed by atoms with Crippen molar-refractivity contribution in [3.63, 3.8) is 0 Å². The molecule has 0 atom stereocenters. The molecule has 2 aromatic rings. The van der Waals surface area contributed by atoms with Crippen LogP contribution in [-0.2, 0) is 12.7 Å². The van der Waals surface area contributed by atoms with Crippen LogP contribution in [0.15, 0.2) is 35.1 Å². The number of halogens is 3. The molecule has 3 nitrogen and oxygen atoms in total. The van der Waals surface area contributed by atoms with Gasteiger partial charge in [0.15, 0.2) is 0 Å². The molecule has 2 heterocycles. The highest BCUT2D eigenvalue weighted by atomic mass is 19.4. The van der Waals surface area contributed by atoms with Gasteiger partial charge >= 0.3 is 6.18 Å². The van der Waals surface area contributed by atoms with Crippen molar-refractivity contribution in [2.75, 3.05) is 5.32 Å². The Morgan fingerprint density at radius 1 is 1.28 bits per heavy atom. The molecule has 0 aliphatic carbocycles. The zero-order chi connectivity index (χ0) is 13.2. The second kappa shape index (κ2) is 4.72. The lowest BCUT2D eigenvalue weighted by Gasteiger charge is -2.08. The van der Waals surface area contributed by atoms with E-state index in [1.165, 1.54) is 6.07 Å². The van der Waals surface area contributed by atoms with Gasteiger partial charge < -0.3 is 9.73 Å². The van der Waals surface area contributed by atoms with Gasteiger partial charge in [0.1, 0.15) is 11.5 Å². The first-order valence-electron chi connectivity index (χ1n) is 5.27. The van der Waals surface area contributed by atoms with Crippen LogP contribution in [-0.4, -0.2) is 4.98 Å². The smallest absolute Gasteiger partial charge is 0.433 e. The van der Waals surface area contributed by atoms with Crippen molar-refractivity contribution in [2.45, 2.75) is 19.6 Å². The fraction of sp³-hybridized carbons (Fsp3) is 0.250. The molecule has 1 N–H and O–H groups in total. The van der Waals surface area contributed by atoms with Crippen LogP contribution in [0.4, 0.5) is 18.9 Å². The van der Waals surface area contributed by atoms with Crippen LogP contribution in [0.3, 0.4) is 0 Å². The van der Waals surface area contributed by atoms with E-state index in [0.717, 1.165) is 23.6 Å². The Bertz CT molecular complexity index is 517. The van der Waals surface area contributed by atoms with E-state index < -0.39 is 11.9 Å². The number of anilines is 1. The molecule has 0 radical (unpaired) electrons. The number of aryl methyl sites for hydroxylation is 1. The van der Waals surface area contributed by atoms with Crippen LogP contribution in [0, 0.1) is 6.92 Å². The van der Waals surface area contributed by atoms with Gasteiger partial charge in [0.05, 0.1) is 24.7 Å². The number of hydrogen-bond acceptors (Lipinski definition) is 3. The van der Waals surface area contributed by atoms with Gasteiger partial charge in [-0.3, -0.25) is 0 Å². The molecule has 0 amide bonds. The topological polar surface area (TPSA) is 38.1 Å². The highest BCUT2D eigenvalue weighted by molar-refractivity contribution is 5.41. The minimum Gasteiger partial charge on any atom is -0.467 e. The Morgan fingerprint density at radius 2 is 2.06 bits per heavy atom. The monoisotopic (exact) mass is 256 g/mol. The number of furan rings is 1. The Morgan fingerprint density at radius 3 is 2.56 bits per heavy atom. The summed E-state index contributed by atoms with van der Waals surface area (Å²) in [5.74, 6) is 0.745. The van der Waals surface area contributed by atoms with Crippen molar-refractivity contribution in [1.82, 2.24) is 4.98 Å². The van der Waals surface area contributed by atoms with Crippen LogP contribution >= 0.6 is 0 Å². The quantitative estimate of drug-likeness (QED) is 0.911. The summed E-state index contributed by atoms with van der Waals surface area (Å²) >= 11 is 0. The van der Waals surface area contributed by atoms with Crippen LogP contribution in [0.5, 0.6) is 0 Å². The number of rotatable bonds is 3. The molecule has 0 saturated carbocycles. The summed E-state index contributed by atoms with van der Waals surface area (Å²) in [7, 11) is 0. The molecular weight excluding hydrogens is 245 g/mol. The van der Waals surface area contributed by atoms with E-state index in [1.807, 2.05) is 13.0 Å². The Balaban J connectivity index is 2.01.